The molecule has 1 heterocycles. The minimum absolute atomic E-state index is 0.108. The van der Waals surface area contributed by atoms with Crippen LogP contribution in [-0.4, -0.2) is 17.1 Å². The molecule has 1 atom stereocenters. The smallest absolute Gasteiger partial charge is 0.338 e. The van der Waals surface area contributed by atoms with E-state index in [1.165, 1.54) is 0 Å². The Balaban J connectivity index is 2.10. The number of aromatic carboxylic acids is 1. The van der Waals surface area contributed by atoms with Gasteiger partial charge in [-0.2, -0.15) is 0 Å². The van der Waals surface area contributed by atoms with Crippen LogP contribution in [0.5, 0.6) is 0 Å². The number of anilines is 1. The van der Waals surface area contributed by atoms with Crippen LogP contribution in [-0.2, 0) is 0 Å². The minimum Gasteiger partial charge on any atom is -0.478 e. The molecule has 0 saturated carbocycles. The van der Waals surface area contributed by atoms with Gasteiger partial charge in [0.15, 0.2) is 0 Å². The fraction of sp³-hybridized carbons (Fsp3) is 0.200. The molecule has 1 aromatic carbocycles. The van der Waals surface area contributed by atoms with Crippen LogP contribution >= 0.6 is 11.3 Å². The Morgan fingerprint density at radius 1 is 1.24 bits per heavy atom. The molecule has 5 nitrogen and oxygen atoms in total. The molecule has 1 aromatic heterocycles. The van der Waals surface area contributed by atoms with Crippen molar-refractivity contribution in [2.45, 2.75) is 19.9 Å². The lowest BCUT2D eigenvalue weighted by Crippen LogP contribution is -2.31. The monoisotopic (exact) mass is 304 g/mol. The standard InChI is InChI=1S/C15H16N2O3S/c1-9-5-3-6-11(13(9)14(18)19)17-15(20)16-10(2)12-7-4-8-21-12/h3-8,10H,1-2H3,(H,18,19)(H2,16,17,20). The zero-order valence-electron chi connectivity index (χ0n) is 11.7. The zero-order valence-corrected chi connectivity index (χ0v) is 12.5. The SMILES string of the molecule is Cc1cccc(NC(=O)NC(C)c2cccs2)c1C(=O)O. The van der Waals surface area contributed by atoms with Crippen molar-refractivity contribution >= 4 is 29.0 Å². The van der Waals surface area contributed by atoms with Gasteiger partial charge in [0.25, 0.3) is 0 Å². The fourth-order valence-corrected chi connectivity index (χ4v) is 2.75. The van der Waals surface area contributed by atoms with Crippen LogP contribution in [0.15, 0.2) is 35.7 Å². The van der Waals surface area contributed by atoms with Gasteiger partial charge >= 0.3 is 12.0 Å². The second kappa shape index (κ2) is 6.41. The highest BCUT2D eigenvalue weighted by Crippen LogP contribution is 2.21. The van der Waals surface area contributed by atoms with E-state index in [4.69, 9.17) is 0 Å². The lowest BCUT2D eigenvalue weighted by atomic mass is 10.1. The molecule has 0 aliphatic carbocycles. The molecule has 2 aromatic rings. The Morgan fingerprint density at radius 2 is 2.00 bits per heavy atom. The third-order valence-electron chi connectivity index (χ3n) is 3.05. The number of carbonyl (C=O) groups is 2. The van der Waals surface area contributed by atoms with Crippen LogP contribution in [0.25, 0.3) is 0 Å². The Kier molecular flexibility index (Phi) is 4.59. The Labute approximate surface area is 126 Å². The van der Waals surface area contributed by atoms with E-state index in [1.54, 1.807) is 36.5 Å². The molecule has 110 valence electrons. The summed E-state index contributed by atoms with van der Waals surface area (Å²) in [5.74, 6) is -1.06. The van der Waals surface area contributed by atoms with E-state index in [2.05, 4.69) is 10.6 Å². The maximum absolute atomic E-state index is 12.0. The first-order valence-corrected chi connectivity index (χ1v) is 7.31. The summed E-state index contributed by atoms with van der Waals surface area (Å²) in [6.45, 7) is 3.57. The second-order valence-corrected chi connectivity index (χ2v) is 5.62. The summed E-state index contributed by atoms with van der Waals surface area (Å²) in [6, 6.07) is 8.27. The number of urea groups is 1. The quantitative estimate of drug-likeness (QED) is 0.807. The lowest BCUT2D eigenvalue weighted by Gasteiger charge is -2.15. The van der Waals surface area contributed by atoms with Crippen molar-refractivity contribution in [3.8, 4) is 0 Å². The molecule has 0 saturated heterocycles. The van der Waals surface area contributed by atoms with Crippen LogP contribution in [0.4, 0.5) is 10.5 Å². The Bertz CT molecular complexity index is 653. The molecule has 0 aliphatic rings. The molecule has 21 heavy (non-hydrogen) atoms. The molecule has 0 spiro atoms. The summed E-state index contributed by atoms with van der Waals surface area (Å²) in [4.78, 5) is 24.3. The maximum atomic E-state index is 12.0. The average molecular weight is 304 g/mol. The zero-order chi connectivity index (χ0) is 15.4. The predicted molar refractivity (Wildman–Crippen MR) is 83.0 cm³/mol. The number of hydrogen-bond donors (Lipinski definition) is 3. The van der Waals surface area contributed by atoms with E-state index in [0.717, 1.165) is 4.88 Å². The number of nitrogens with one attached hydrogen (secondary N) is 2. The normalized spacial score (nSPS) is 11.7. The van der Waals surface area contributed by atoms with E-state index in [9.17, 15) is 14.7 Å². The summed E-state index contributed by atoms with van der Waals surface area (Å²) >= 11 is 1.55. The van der Waals surface area contributed by atoms with Gasteiger partial charge in [-0.05, 0) is 36.9 Å². The van der Waals surface area contributed by atoms with Crippen LogP contribution in [0, 0.1) is 6.92 Å². The largest absolute Gasteiger partial charge is 0.478 e. The fourth-order valence-electron chi connectivity index (χ4n) is 2.02. The molecular formula is C15H16N2O3S. The van der Waals surface area contributed by atoms with E-state index >= 15 is 0 Å². The van der Waals surface area contributed by atoms with Gasteiger partial charge in [0.05, 0.1) is 17.3 Å². The van der Waals surface area contributed by atoms with Crippen molar-refractivity contribution in [3.63, 3.8) is 0 Å². The van der Waals surface area contributed by atoms with E-state index in [1.807, 2.05) is 24.4 Å². The number of aryl methyl sites for hydroxylation is 1. The van der Waals surface area contributed by atoms with Gasteiger partial charge in [-0.1, -0.05) is 18.2 Å². The molecule has 6 heteroatoms. The van der Waals surface area contributed by atoms with Crippen molar-refractivity contribution in [2.24, 2.45) is 0 Å². The van der Waals surface area contributed by atoms with Crippen molar-refractivity contribution in [1.29, 1.82) is 0 Å². The van der Waals surface area contributed by atoms with Crippen LogP contribution < -0.4 is 10.6 Å². The number of amides is 2. The third-order valence-corrected chi connectivity index (χ3v) is 4.11. The number of thiophene rings is 1. The molecule has 1 unspecified atom stereocenters. The molecule has 2 amide bonds. The molecule has 2 rings (SSSR count). The van der Waals surface area contributed by atoms with Crippen molar-refractivity contribution in [2.75, 3.05) is 5.32 Å². The molecule has 0 aliphatic heterocycles. The lowest BCUT2D eigenvalue weighted by molar-refractivity contribution is 0.0697. The van der Waals surface area contributed by atoms with Crippen LogP contribution in [0.1, 0.15) is 33.8 Å². The molecule has 0 radical (unpaired) electrons. The highest BCUT2D eigenvalue weighted by atomic mass is 32.1. The van der Waals surface area contributed by atoms with Crippen LogP contribution in [0.2, 0.25) is 0 Å². The average Bonchev–Trinajstić information content (AvgIpc) is 2.91. The summed E-state index contributed by atoms with van der Waals surface area (Å²) in [5.41, 5.74) is 1.00. The number of carbonyl (C=O) groups excluding carboxylic acids is 1. The predicted octanol–water partition coefficient (Wildman–Crippen LogP) is 3.64. The number of carboxylic acid groups (broad SMARTS) is 1. The molecule has 0 bridgehead atoms. The highest BCUT2D eigenvalue weighted by Gasteiger charge is 2.16. The van der Waals surface area contributed by atoms with Crippen LogP contribution in [0.3, 0.4) is 0 Å². The first-order chi connectivity index (χ1) is 9.99. The van der Waals surface area contributed by atoms with Crippen molar-refractivity contribution in [3.05, 3.63) is 51.7 Å². The third kappa shape index (κ3) is 3.61. The highest BCUT2D eigenvalue weighted by molar-refractivity contribution is 7.10. The Hall–Kier alpha value is -2.34. The van der Waals surface area contributed by atoms with Gasteiger partial charge in [0, 0.05) is 4.88 Å². The van der Waals surface area contributed by atoms with Gasteiger partial charge in [-0.25, -0.2) is 9.59 Å². The second-order valence-electron chi connectivity index (χ2n) is 4.64. The van der Waals surface area contributed by atoms with Crippen molar-refractivity contribution in [1.82, 2.24) is 5.32 Å². The van der Waals surface area contributed by atoms with Gasteiger partial charge in [-0.15, -0.1) is 11.3 Å². The van der Waals surface area contributed by atoms with Gasteiger partial charge in [0.1, 0.15) is 0 Å². The topological polar surface area (TPSA) is 78.4 Å². The maximum Gasteiger partial charge on any atom is 0.338 e. The van der Waals surface area contributed by atoms with Crippen molar-refractivity contribution < 1.29 is 14.7 Å². The first-order valence-electron chi connectivity index (χ1n) is 6.43. The van der Waals surface area contributed by atoms with Gasteiger partial charge < -0.3 is 15.7 Å². The van der Waals surface area contributed by atoms with E-state index in [0.29, 0.717) is 11.3 Å². The van der Waals surface area contributed by atoms with E-state index < -0.39 is 12.0 Å². The number of hydrogen-bond acceptors (Lipinski definition) is 3. The van der Waals surface area contributed by atoms with Gasteiger partial charge in [-0.3, -0.25) is 0 Å². The van der Waals surface area contributed by atoms with Gasteiger partial charge in [0.2, 0.25) is 0 Å². The molecular weight excluding hydrogens is 288 g/mol. The first kappa shape index (κ1) is 15.1. The Morgan fingerprint density at radius 3 is 2.62 bits per heavy atom. The summed E-state index contributed by atoms with van der Waals surface area (Å²) in [5, 5.41) is 16.5. The molecule has 0 fully saturated rings. The summed E-state index contributed by atoms with van der Waals surface area (Å²) in [7, 11) is 0. The summed E-state index contributed by atoms with van der Waals surface area (Å²) in [6.07, 6.45) is 0. The van der Waals surface area contributed by atoms with E-state index in [-0.39, 0.29) is 11.6 Å². The number of carboxylic acids is 1. The molecule has 3 N–H and O–H groups in total. The minimum atomic E-state index is -1.06. The summed E-state index contributed by atoms with van der Waals surface area (Å²) < 4.78 is 0. The number of benzene rings is 1. The number of rotatable bonds is 4.